The molecule has 1 fully saturated rings. The molecule has 5 nitrogen and oxygen atoms in total. The first-order chi connectivity index (χ1) is 11.5. The zero-order valence-electron chi connectivity index (χ0n) is 14.4. The zero-order chi connectivity index (χ0) is 17.7. The van der Waals surface area contributed by atoms with Crippen LogP contribution in [0.3, 0.4) is 0 Å². The van der Waals surface area contributed by atoms with Crippen LogP contribution in [0.5, 0.6) is 0 Å². The molecule has 130 valence electrons. The topological polar surface area (TPSA) is 83.8 Å². The number of nitroso groups, excluding NO2 is 1. The van der Waals surface area contributed by atoms with E-state index in [1.165, 1.54) is 0 Å². The summed E-state index contributed by atoms with van der Waals surface area (Å²) in [6.45, 7) is 4.24. The maximum Gasteiger partial charge on any atom is 0.338 e. The Kier molecular flexibility index (Phi) is 6.23. The summed E-state index contributed by atoms with van der Waals surface area (Å²) < 4.78 is 0. The molecule has 0 spiro atoms. The summed E-state index contributed by atoms with van der Waals surface area (Å²) in [4.78, 5) is 34.2. The molecule has 2 atom stereocenters. The number of benzene rings is 1. The van der Waals surface area contributed by atoms with Gasteiger partial charge in [-0.2, -0.15) is 0 Å². The lowest BCUT2D eigenvalue weighted by molar-refractivity contribution is -0.122. The predicted molar refractivity (Wildman–Crippen MR) is 92.7 cm³/mol. The molecule has 0 aromatic heterocycles. The SMILES string of the molecule is CCCCc1cc(C(=O)O)c(N=O)cc1CC1CC(=O)CCC1C. The quantitative estimate of drug-likeness (QED) is 0.736. The number of hydrogen-bond acceptors (Lipinski definition) is 4. The van der Waals surface area contributed by atoms with Gasteiger partial charge in [0, 0.05) is 12.8 Å². The van der Waals surface area contributed by atoms with E-state index in [-0.39, 0.29) is 17.2 Å². The summed E-state index contributed by atoms with van der Waals surface area (Å²) in [6, 6.07) is 3.21. The fourth-order valence-electron chi connectivity index (χ4n) is 3.49. The van der Waals surface area contributed by atoms with Gasteiger partial charge in [-0.05, 0) is 66.0 Å². The summed E-state index contributed by atoms with van der Waals surface area (Å²) in [5, 5.41) is 12.2. The third-order valence-electron chi connectivity index (χ3n) is 5.10. The molecule has 1 aromatic rings. The molecule has 1 aliphatic rings. The van der Waals surface area contributed by atoms with Crippen molar-refractivity contribution in [3.05, 3.63) is 33.7 Å². The van der Waals surface area contributed by atoms with Crippen molar-refractivity contribution in [3.8, 4) is 0 Å². The monoisotopic (exact) mass is 331 g/mol. The van der Waals surface area contributed by atoms with Gasteiger partial charge in [0.15, 0.2) is 0 Å². The molecule has 0 bridgehead atoms. The lowest BCUT2D eigenvalue weighted by Crippen LogP contribution is -2.25. The number of unbranched alkanes of at least 4 members (excludes halogenated alkanes) is 1. The van der Waals surface area contributed by atoms with Crippen LogP contribution in [0.25, 0.3) is 0 Å². The molecule has 2 rings (SSSR count). The van der Waals surface area contributed by atoms with E-state index in [4.69, 9.17) is 0 Å². The molecule has 24 heavy (non-hydrogen) atoms. The van der Waals surface area contributed by atoms with Crippen LogP contribution in [-0.2, 0) is 17.6 Å². The van der Waals surface area contributed by atoms with Crippen LogP contribution in [0.2, 0.25) is 0 Å². The minimum absolute atomic E-state index is 0.0208. The molecule has 0 amide bonds. The number of ketones is 1. The van der Waals surface area contributed by atoms with Crippen LogP contribution >= 0.6 is 0 Å². The summed E-state index contributed by atoms with van der Waals surface area (Å²) in [5.74, 6) is -0.130. The van der Waals surface area contributed by atoms with Crippen LogP contribution in [0.1, 0.15) is 67.4 Å². The zero-order valence-corrected chi connectivity index (χ0v) is 14.4. The maximum atomic E-state index is 11.8. The maximum absolute atomic E-state index is 11.8. The molecular formula is C19H25NO4. The molecule has 0 radical (unpaired) electrons. The number of hydrogen-bond donors (Lipinski definition) is 1. The number of carbonyl (C=O) groups excluding carboxylic acids is 1. The Morgan fingerprint density at radius 1 is 1.33 bits per heavy atom. The third kappa shape index (κ3) is 4.28. The number of Topliss-reactive ketones (excluding diaryl/α,β-unsaturated/α-hetero) is 1. The Labute approximate surface area is 142 Å². The minimum Gasteiger partial charge on any atom is -0.478 e. The molecule has 0 heterocycles. The summed E-state index contributed by atoms with van der Waals surface area (Å²) >= 11 is 0. The molecule has 0 saturated heterocycles. The predicted octanol–water partition coefficient (Wildman–Crippen LogP) is 4.67. The van der Waals surface area contributed by atoms with Crippen molar-refractivity contribution in [2.75, 3.05) is 0 Å². The van der Waals surface area contributed by atoms with Crippen molar-refractivity contribution in [1.29, 1.82) is 0 Å². The average Bonchev–Trinajstić information content (AvgIpc) is 2.56. The van der Waals surface area contributed by atoms with Crippen LogP contribution in [-0.4, -0.2) is 16.9 Å². The van der Waals surface area contributed by atoms with Crippen molar-refractivity contribution >= 4 is 17.4 Å². The molecule has 1 aliphatic carbocycles. The Bertz CT molecular complexity index is 638. The molecule has 0 aliphatic heterocycles. The van der Waals surface area contributed by atoms with Gasteiger partial charge in [0.25, 0.3) is 0 Å². The van der Waals surface area contributed by atoms with Gasteiger partial charge in [-0.15, -0.1) is 4.91 Å². The van der Waals surface area contributed by atoms with Crippen molar-refractivity contribution in [3.63, 3.8) is 0 Å². The number of aryl methyl sites for hydroxylation is 1. The van der Waals surface area contributed by atoms with Gasteiger partial charge in [0.2, 0.25) is 0 Å². The number of aromatic carboxylic acids is 1. The van der Waals surface area contributed by atoms with Crippen molar-refractivity contribution in [2.24, 2.45) is 17.0 Å². The van der Waals surface area contributed by atoms with Gasteiger partial charge in [-0.3, -0.25) is 4.79 Å². The minimum atomic E-state index is -1.13. The number of carboxylic acids is 1. The third-order valence-corrected chi connectivity index (χ3v) is 5.10. The molecule has 1 saturated carbocycles. The van der Waals surface area contributed by atoms with Crippen LogP contribution in [0.15, 0.2) is 17.3 Å². The Hall–Kier alpha value is -2.04. The number of carboxylic acid groups (broad SMARTS) is 1. The highest BCUT2D eigenvalue weighted by Crippen LogP contribution is 2.34. The van der Waals surface area contributed by atoms with Crippen LogP contribution in [0, 0.1) is 16.7 Å². The Balaban J connectivity index is 2.36. The second-order valence-electron chi connectivity index (χ2n) is 6.86. The highest BCUT2D eigenvalue weighted by atomic mass is 16.4. The number of rotatable bonds is 7. The summed E-state index contributed by atoms with van der Waals surface area (Å²) in [6.07, 6.45) is 5.57. The molecule has 1 aromatic carbocycles. The van der Waals surface area contributed by atoms with E-state index in [2.05, 4.69) is 19.0 Å². The van der Waals surface area contributed by atoms with Gasteiger partial charge in [0.1, 0.15) is 11.5 Å². The number of nitrogens with zero attached hydrogens (tertiary/aromatic N) is 1. The first-order valence-corrected chi connectivity index (χ1v) is 8.70. The van der Waals surface area contributed by atoms with E-state index in [1.54, 1.807) is 12.1 Å². The van der Waals surface area contributed by atoms with Crippen LogP contribution < -0.4 is 0 Å². The van der Waals surface area contributed by atoms with E-state index in [0.29, 0.717) is 31.0 Å². The van der Waals surface area contributed by atoms with Crippen molar-refractivity contribution < 1.29 is 14.7 Å². The summed E-state index contributed by atoms with van der Waals surface area (Å²) in [5.41, 5.74) is 1.88. The van der Waals surface area contributed by atoms with Gasteiger partial charge in [0.05, 0.1) is 5.56 Å². The standard InChI is InChI=1S/C19H25NO4/c1-3-4-5-13-10-17(19(22)23)18(20-24)11-15(13)8-14-9-16(21)7-6-12(14)2/h10-12,14H,3-9H2,1-2H3,(H,22,23). The highest BCUT2D eigenvalue weighted by molar-refractivity contribution is 5.93. The lowest BCUT2D eigenvalue weighted by atomic mass is 9.76. The first kappa shape index (κ1) is 18.3. The van der Waals surface area contributed by atoms with E-state index < -0.39 is 5.97 Å². The van der Waals surface area contributed by atoms with Gasteiger partial charge in [-0.1, -0.05) is 20.3 Å². The van der Waals surface area contributed by atoms with Gasteiger partial charge < -0.3 is 5.11 Å². The molecule has 5 heteroatoms. The first-order valence-electron chi connectivity index (χ1n) is 8.70. The fourth-order valence-corrected chi connectivity index (χ4v) is 3.49. The summed E-state index contributed by atoms with van der Waals surface area (Å²) in [7, 11) is 0. The molecule has 2 unspecified atom stereocenters. The Morgan fingerprint density at radius 2 is 2.08 bits per heavy atom. The van der Waals surface area contributed by atoms with Gasteiger partial charge in [-0.25, -0.2) is 4.79 Å². The largest absolute Gasteiger partial charge is 0.478 e. The molecule has 1 N–H and O–H groups in total. The smallest absolute Gasteiger partial charge is 0.338 e. The van der Waals surface area contributed by atoms with E-state index in [1.807, 2.05) is 0 Å². The molecular weight excluding hydrogens is 306 g/mol. The highest BCUT2D eigenvalue weighted by Gasteiger charge is 2.27. The Morgan fingerprint density at radius 3 is 2.71 bits per heavy atom. The van der Waals surface area contributed by atoms with E-state index in [9.17, 15) is 19.6 Å². The van der Waals surface area contributed by atoms with Crippen molar-refractivity contribution in [1.82, 2.24) is 0 Å². The van der Waals surface area contributed by atoms with E-state index in [0.717, 1.165) is 36.8 Å². The van der Waals surface area contributed by atoms with Gasteiger partial charge >= 0.3 is 5.97 Å². The van der Waals surface area contributed by atoms with E-state index >= 15 is 0 Å². The second-order valence-corrected chi connectivity index (χ2v) is 6.86. The number of carbonyl (C=O) groups is 2. The van der Waals surface area contributed by atoms with Crippen LogP contribution in [0.4, 0.5) is 5.69 Å². The lowest BCUT2D eigenvalue weighted by Gasteiger charge is -2.28. The average molecular weight is 331 g/mol. The second kappa shape index (κ2) is 8.18. The normalized spacial score (nSPS) is 20.8. The van der Waals surface area contributed by atoms with Crippen molar-refractivity contribution in [2.45, 2.75) is 58.8 Å². The fraction of sp³-hybridized carbons (Fsp3) is 0.579.